The molecule has 9 heteroatoms. The number of ether oxygens (including phenoxy) is 2. The molecule has 0 N–H and O–H groups in total. The van der Waals surface area contributed by atoms with Crippen molar-refractivity contribution in [3.8, 4) is 5.75 Å². The summed E-state index contributed by atoms with van der Waals surface area (Å²) in [6.45, 7) is 3.57. The summed E-state index contributed by atoms with van der Waals surface area (Å²) in [7, 11) is -3.24. The van der Waals surface area contributed by atoms with E-state index in [2.05, 4.69) is 14.9 Å². The quantitative estimate of drug-likeness (QED) is 0.735. The minimum atomic E-state index is -3.24. The highest BCUT2D eigenvalue weighted by atomic mass is 35.5. The fourth-order valence-corrected chi connectivity index (χ4v) is 3.58. The van der Waals surface area contributed by atoms with Crippen LogP contribution in [0.25, 0.3) is 0 Å². The highest BCUT2D eigenvalue weighted by molar-refractivity contribution is 7.89. The molecule has 0 amide bonds. The maximum Gasteiger partial charge on any atom is 0.224 e. The predicted octanol–water partition coefficient (Wildman–Crippen LogP) is 0.661. The molecule has 0 aromatic carbocycles. The van der Waals surface area contributed by atoms with E-state index in [1.165, 1.54) is 0 Å². The van der Waals surface area contributed by atoms with E-state index in [1.807, 2.05) is 6.92 Å². The van der Waals surface area contributed by atoms with Crippen LogP contribution in [0, 0.1) is 0 Å². The van der Waals surface area contributed by atoms with Gasteiger partial charge in [-0.3, -0.25) is 0 Å². The Morgan fingerprint density at radius 2 is 2.10 bits per heavy atom. The molecule has 1 saturated heterocycles. The van der Waals surface area contributed by atoms with Gasteiger partial charge in [-0.1, -0.05) is 0 Å². The van der Waals surface area contributed by atoms with Gasteiger partial charge < -0.3 is 14.4 Å². The number of rotatable bonds is 2. The van der Waals surface area contributed by atoms with Crippen LogP contribution >= 0.6 is 11.6 Å². The molecule has 0 aliphatic carbocycles. The molecule has 2 aliphatic heterocycles. The number of hydrogen-bond acceptors (Lipinski definition) is 7. The molecule has 0 radical (unpaired) electrons. The van der Waals surface area contributed by atoms with Crippen molar-refractivity contribution in [2.24, 2.45) is 0 Å². The smallest absolute Gasteiger partial charge is 0.224 e. The zero-order valence-electron chi connectivity index (χ0n) is 11.7. The lowest BCUT2D eigenvalue weighted by Gasteiger charge is -2.44. The summed E-state index contributed by atoms with van der Waals surface area (Å²) in [5.41, 5.74) is 0.310. The van der Waals surface area contributed by atoms with Gasteiger partial charge in [-0.05, 0) is 18.5 Å². The summed E-state index contributed by atoms with van der Waals surface area (Å²) in [5, 5.41) is 0.0235. The average Bonchev–Trinajstić information content (AvgIpc) is 2.36. The number of aromatic nitrogens is 2. The number of anilines is 1. The summed E-state index contributed by atoms with van der Waals surface area (Å²) >= 11 is 5.96. The monoisotopic (exact) mass is 333 g/mol. The van der Waals surface area contributed by atoms with Gasteiger partial charge in [-0.25, -0.2) is 13.4 Å². The number of fused-ring (bicyclic) bond motifs is 3. The van der Waals surface area contributed by atoms with Gasteiger partial charge in [-0.15, -0.1) is 0 Å². The summed E-state index contributed by atoms with van der Waals surface area (Å²) in [6.07, 6.45) is 1.15. The van der Waals surface area contributed by atoms with Crippen LogP contribution in [-0.4, -0.2) is 56.5 Å². The van der Waals surface area contributed by atoms with Crippen molar-refractivity contribution in [2.75, 3.05) is 31.0 Å². The third kappa shape index (κ3) is 2.93. The highest BCUT2D eigenvalue weighted by Crippen LogP contribution is 2.38. The molecule has 0 saturated carbocycles. The summed E-state index contributed by atoms with van der Waals surface area (Å²) < 4.78 is 34.3. The lowest BCUT2D eigenvalue weighted by Crippen LogP contribution is -2.56. The molecule has 0 bridgehead atoms. The standard InChI is InChI=1S/C12H16ClN3O4S/c1-7-3-19-4-8-5-20-10-9(6-21(2,17)18)14-12(13)15-11(10)16(7)8/h7-8H,3-6H2,1-2H3/t7-,8+/m0/s1. The molecule has 1 aromatic rings. The first-order valence-electron chi connectivity index (χ1n) is 6.58. The molecule has 2 aliphatic rings. The van der Waals surface area contributed by atoms with Gasteiger partial charge in [0.2, 0.25) is 5.28 Å². The Hall–Kier alpha value is -1.12. The van der Waals surface area contributed by atoms with Gasteiger partial charge in [0.05, 0.1) is 31.1 Å². The molecule has 3 heterocycles. The number of nitrogens with zero attached hydrogens (tertiary/aromatic N) is 3. The van der Waals surface area contributed by atoms with E-state index in [4.69, 9.17) is 21.1 Å². The third-order valence-electron chi connectivity index (χ3n) is 3.49. The largest absolute Gasteiger partial charge is 0.486 e. The molecule has 1 aromatic heterocycles. The van der Waals surface area contributed by atoms with Crippen molar-refractivity contribution in [3.63, 3.8) is 0 Å². The van der Waals surface area contributed by atoms with Crippen molar-refractivity contribution in [3.05, 3.63) is 11.0 Å². The first-order chi connectivity index (χ1) is 9.85. The normalized spacial score (nSPS) is 25.0. The molecule has 2 atom stereocenters. The van der Waals surface area contributed by atoms with Crippen molar-refractivity contribution in [1.29, 1.82) is 0 Å². The van der Waals surface area contributed by atoms with Gasteiger partial charge in [0, 0.05) is 6.26 Å². The molecular formula is C12H16ClN3O4S. The maximum absolute atomic E-state index is 11.6. The lowest BCUT2D eigenvalue weighted by atomic mass is 10.1. The van der Waals surface area contributed by atoms with Crippen LogP contribution in [0.3, 0.4) is 0 Å². The fraction of sp³-hybridized carbons (Fsp3) is 0.667. The summed E-state index contributed by atoms with van der Waals surface area (Å²) in [4.78, 5) is 10.4. The lowest BCUT2D eigenvalue weighted by molar-refractivity contribution is 0.0484. The third-order valence-corrected chi connectivity index (χ3v) is 4.46. The molecule has 0 spiro atoms. The van der Waals surface area contributed by atoms with Gasteiger partial charge in [0.1, 0.15) is 12.3 Å². The SMILES string of the molecule is C[C@H]1COC[C@@H]2COc3c(CS(C)(=O)=O)nc(Cl)nc3N21. The number of halogens is 1. The van der Waals surface area contributed by atoms with Crippen molar-refractivity contribution in [1.82, 2.24) is 9.97 Å². The van der Waals surface area contributed by atoms with E-state index in [0.717, 1.165) is 6.26 Å². The van der Waals surface area contributed by atoms with Gasteiger partial charge in [-0.2, -0.15) is 4.98 Å². The van der Waals surface area contributed by atoms with Crippen LogP contribution < -0.4 is 9.64 Å². The van der Waals surface area contributed by atoms with Crippen LogP contribution in [-0.2, 0) is 20.3 Å². The number of morpholine rings is 1. The Morgan fingerprint density at radius 1 is 1.33 bits per heavy atom. The first-order valence-corrected chi connectivity index (χ1v) is 9.02. The van der Waals surface area contributed by atoms with E-state index in [9.17, 15) is 8.42 Å². The zero-order valence-corrected chi connectivity index (χ0v) is 13.3. The van der Waals surface area contributed by atoms with E-state index >= 15 is 0 Å². The summed E-state index contributed by atoms with van der Waals surface area (Å²) in [5.74, 6) is 0.747. The molecular weight excluding hydrogens is 318 g/mol. The second kappa shape index (κ2) is 5.26. The first kappa shape index (κ1) is 14.8. The van der Waals surface area contributed by atoms with Crippen LogP contribution in [0.2, 0.25) is 5.28 Å². The minimum Gasteiger partial charge on any atom is -0.486 e. The van der Waals surface area contributed by atoms with E-state index in [-0.39, 0.29) is 23.1 Å². The van der Waals surface area contributed by atoms with Crippen LogP contribution in [0.4, 0.5) is 5.82 Å². The van der Waals surface area contributed by atoms with Gasteiger partial charge in [0.25, 0.3) is 0 Å². The fourth-order valence-electron chi connectivity index (χ4n) is 2.71. The molecule has 3 rings (SSSR count). The number of hydrogen-bond donors (Lipinski definition) is 0. The van der Waals surface area contributed by atoms with E-state index < -0.39 is 9.84 Å². The van der Waals surface area contributed by atoms with Crippen molar-refractivity contribution >= 4 is 27.3 Å². The Bertz CT molecular complexity index is 667. The van der Waals surface area contributed by atoms with Gasteiger partial charge in [0.15, 0.2) is 21.4 Å². The predicted molar refractivity (Wildman–Crippen MR) is 77.6 cm³/mol. The molecule has 116 valence electrons. The molecule has 21 heavy (non-hydrogen) atoms. The van der Waals surface area contributed by atoms with E-state index in [1.54, 1.807) is 0 Å². The topological polar surface area (TPSA) is 81.6 Å². The Kier molecular flexibility index (Phi) is 3.71. The molecule has 1 fully saturated rings. The Labute approximate surface area is 128 Å². The van der Waals surface area contributed by atoms with Crippen LogP contribution in [0.5, 0.6) is 5.75 Å². The highest BCUT2D eigenvalue weighted by Gasteiger charge is 2.37. The van der Waals surface area contributed by atoms with Crippen LogP contribution in [0.15, 0.2) is 0 Å². The second-order valence-electron chi connectivity index (χ2n) is 5.42. The van der Waals surface area contributed by atoms with Crippen LogP contribution in [0.1, 0.15) is 12.6 Å². The Balaban J connectivity index is 2.08. The zero-order chi connectivity index (χ0) is 15.2. The number of sulfone groups is 1. The maximum atomic E-state index is 11.6. The van der Waals surface area contributed by atoms with Crippen molar-refractivity contribution in [2.45, 2.75) is 24.8 Å². The second-order valence-corrected chi connectivity index (χ2v) is 7.90. The molecule has 0 unspecified atom stereocenters. The van der Waals surface area contributed by atoms with Crippen molar-refractivity contribution < 1.29 is 17.9 Å². The molecule has 7 nitrogen and oxygen atoms in total. The average molecular weight is 334 g/mol. The Morgan fingerprint density at radius 3 is 2.81 bits per heavy atom. The summed E-state index contributed by atoms with van der Waals surface area (Å²) in [6, 6.07) is 0.168. The minimum absolute atomic E-state index is 0.0235. The van der Waals surface area contributed by atoms with E-state index in [0.29, 0.717) is 37.1 Å². The van der Waals surface area contributed by atoms with Gasteiger partial charge >= 0.3 is 0 Å².